The monoisotopic (exact) mass is 348 g/mol. The highest BCUT2D eigenvalue weighted by molar-refractivity contribution is 5.37. The first-order valence-corrected chi connectivity index (χ1v) is 9.56. The first kappa shape index (κ1) is 15.9. The van der Waals surface area contributed by atoms with Gasteiger partial charge in [0.1, 0.15) is 5.82 Å². The van der Waals surface area contributed by atoms with E-state index in [1.165, 1.54) is 11.1 Å². The van der Waals surface area contributed by atoms with E-state index in [4.69, 9.17) is 0 Å². The highest BCUT2D eigenvalue weighted by Crippen LogP contribution is 2.28. The molecule has 4 heterocycles. The number of likely N-dealkylation sites (tertiary alicyclic amines) is 1. The molecule has 0 radical (unpaired) electrons. The number of nitrogens with one attached hydrogen (secondary N) is 1. The molecule has 1 fully saturated rings. The van der Waals surface area contributed by atoms with Gasteiger partial charge in [0.15, 0.2) is 5.65 Å². The number of hydrogen-bond acceptors (Lipinski definition) is 5. The predicted octanol–water partition coefficient (Wildman–Crippen LogP) is 2.15. The van der Waals surface area contributed by atoms with Crippen molar-refractivity contribution in [3.63, 3.8) is 0 Å². The number of fused-ring (bicyclic) bond motifs is 2. The van der Waals surface area contributed by atoms with Crippen LogP contribution in [0.25, 0.3) is 5.65 Å². The third-order valence-electron chi connectivity index (χ3n) is 5.82. The number of nitrogens with zero attached hydrogens (tertiary/aromatic N) is 5. The highest BCUT2D eigenvalue weighted by atomic mass is 15.3. The van der Waals surface area contributed by atoms with Gasteiger partial charge >= 0.3 is 0 Å². The van der Waals surface area contributed by atoms with Gasteiger partial charge in [-0.25, -0.2) is 0 Å². The van der Waals surface area contributed by atoms with Crippen molar-refractivity contribution in [3.05, 3.63) is 59.3 Å². The molecule has 2 aromatic heterocycles. The largest absolute Gasteiger partial charge is 0.312 e. The van der Waals surface area contributed by atoms with Gasteiger partial charge in [-0.05, 0) is 55.6 Å². The zero-order chi connectivity index (χ0) is 17.3. The van der Waals surface area contributed by atoms with E-state index >= 15 is 0 Å². The Morgan fingerprint density at radius 1 is 1.15 bits per heavy atom. The second-order valence-corrected chi connectivity index (χ2v) is 7.39. The maximum Gasteiger partial charge on any atom is 0.179 e. The van der Waals surface area contributed by atoms with Gasteiger partial charge in [0.25, 0.3) is 0 Å². The molecule has 1 aromatic carbocycles. The Labute approximate surface area is 153 Å². The summed E-state index contributed by atoms with van der Waals surface area (Å²) >= 11 is 0. The van der Waals surface area contributed by atoms with E-state index in [0.717, 1.165) is 63.5 Å². The molecule has 2 aliphatic rings. The van der Waals surface area contributed by atoms with Crippen molar-refractivity contribution in [1.29, 1.82) is 0 Å². The van der Waals surface area contributed by atoms with Crippen LogP contribution >= 0.6 is 0 Å². The first-order chi connectivity index (χ1) is 12.9. The second-order valence-electron chi connectivity index (χ2n) is 7.39. The number of rotatable bonds is 3. The molecule has 0 bridgehead atoms. The zero-order valence-corrected chi connectivity index (χ0v) is 14.9. The van der Waals surface area contributed by atoms with E-state index in [1.54, 1.807) is 11.8 Å². The number of aromatic nitrogens is 4. The van der Waals surface area contributed by atoms with E-state index < -0.39 is 0 Å². The lowest BCUT2D eigenvalue weighted by atomic mass is 9.93. The Bertz CT molecular complexity index is 910. The van der Waals surface area contributed by atoms with Gasteiger partial charge in [-0.15, -0.1) is 10.2 Å². The normalized spacial score (nSPS) is 18.9. The molecule has 3 aromatic rings. The average Bonchev–Trinajstić information content (AvgIpc) is 3.13. The SMILES string of the molecule is c1cc2c(c(CN3CCC(c4nnc5cnccn45)CC3)c1)CCNC2. The summed E-state index contributed by atoms with van der Waals surface area (Å²) in [6, 6.07) is 6.79. The topological polar surface area (TPSA) is 58.4 Å². The fourth-order valence-corrected chi connectivity index (χ4v) is 4.40. The molecule has 5 rings (SSSR count). The molecule has 6 heteroatoms. The summed E-state index contributed by atoms with van der Waals surface area (Å²) in [7, 11) is 0. The lowest BCUT2D eigenvalue weighted by Crippen LogP contribution is -2.34. The van der Waals surface area contributed by atoms with Crippen molar-refractivity contribution in [3.8, 4) is 0 Å². The summed E-state index contributed by atoms with van der Waals surface area (Å²) in [5, 5.41) is 12.2. The summed E-state index contributed by atoms with van der Waals surface area (Å²) in [5.74, 6) is 1.57. The molecule has 0 unspecified atom stereocenters. The van der Waals surface area contributed by atoms with Gasteiger partial charge < -0.3 is 5.32 Å². The van der Waals surface area contributed by atoms with E-state index in [1.807, 2.05) is 12.4 Å². The highest BCUT2D eigenvalue weighted by Gasteiger charge is 2.25. The van der Waals surface area contributed by atoms with Crippen LogP contribution in [0.15, 0.2) is 36.8 Å². The molecule has 6 nitrogen and oxygen atoms in total. The van der Waals surface area contributed by atoms with E-state index in [-0.39, 0.29) is 0 Å². The van der Waals surface area contributed by atoms with Crippen LogP contribution in [0, 0.1) is 0 Å². The molecule has 134 valence electrons. The van der Waals surface area contributed by atoms with E-state index in [9.17, 15) is 0 Å². The van der Waals surface area contributed by atoms with Gasteiger partial charge in [-0.3, -0.25) is 14.3 Å². The van der Waals surface area contributed by atoms with Crippen molar-refractivity contribution < 1.29 is 0 Å². The second kappa shape index (κ2) is 6.78. The van der Waals surface area contributed by atoms with Crippen molar-refractivity contribution in [2.75, 3.05) is 19.6 Å². The summed E-state index contributed by atoms with van der Waals surface area (Å²) in [4.78, 5) is 6.73. The average molecular weight is 348 g/mol. The molecule has 0 amide bonds. The number of benzene rings is 1. The maximum atomic E-state index is 4.43. The minimum atomic E-state index is 0.484. The molecule has 0 aliphatic carbocycles. The van der Waals surface area contributed by atoms with Gasteiger partial charge in [0.05, 0.1) is 6.20 Å². The van der Waals surface area contributed by atoms with Crippen LogP contribution in [0.1, 0.15) is 41.3 Å². The molecular weight excluding hydrogens is 324 g/mol. The molecule has 1 N–H and O–H groups in total. The zero-order valence-electron chi connectivity index (χ0n) is 14.9. The fourth-order valence-electron chi connectivity index (χ4n) is 4.40. The summed E-state index contributed by atoms with van der Waals surface area (Å²) in [5.41, 5.74) is 5.41. The standard InChI is InChI=1S/C20H24N6/c1-2-16-12-21-7-4-18(16)17(3-1)14-25-9-5-15(6-10-25)20-24-23-19-13-22-8-11-26(19)20/h1-3,8,11,13,15,21H,4-7,9-10,12,14H2. The maximum absolute atomic E-state index is 4.43. The van der Waals surface area contributed by atoms with Crippen LogP contribution in [0.4, 0.5) is 0 Å². The van der Waals surface area contributed by atoms with Crippen molar-refractivity contribution >= 4 is 5.65 Å². The summed E-state index contributed by atoms with van der Waals surface area (Å²) < 4.78 is 2.09. The quantitative estimate of drug-likeness (QED) is 0.786. The summed E-state index contributed by atoms with van der Waals surface area (Å²) in [6.07, 6.45) is 8.99. The van der Waals surface area contributed by atoms with Crippen molar-refractivity contribution in [2.24, 2.45) is 0 Å². The molecule has 0 atom stereocenters. The minimum absolute atomic E-state index is 0.484. The minimum Gasteiger partial charge on any atom is -0.312 e. The Morgan fingerprint density at radius 2 is 2.08 bits per heavy atom. The van der Waals surface area contributed by atoms with E-state index in [0.29, 0.717) is 5.92 Å². The predicted molar refractivity (Wildman–Crippen MR) is 99.9 cm³/mol. The number of hydrogen-bond donors (Lipinski definition) is 1. The Kier molecular flexibility index (Phi) is 4.15. The third-order valence-corrected chi connectivity index (χ3v) is 5.82. The van der Waals surface area contributed by atoms with Gasteiger partial charge in [-0.2, -0.15) is 0 Å². The Hall–Kier alpha value is -2.31. The Balaban J connectivity index is 1.28. The van der Waals surface area contributed by atoms with Crippen LogP contribution < -0.4 is 5.32 Å². The van der Waals surface area contributed by atoms with Gasteiger partial charge in [-0.1, -0.05) is 18.2 Å². The van der Waals surface area contributed by atoms with E-state index in [2.05, 4.69) is 48.0 Å². The molecular formula is C20H24N6. The summed E-state index contributed by atoms with van der Waals surface area (Å²) in [6.45, 7) is 5.42. The molecule has 26 heavy (non-hydrogen) atoms. The third kappa shape index (κ3) is 2.89. The molecule has 2 aliphatic heterocycles. The molecule has 0 saturated carbocycles. The van der Waals surface area contributed by atoms with Gasteiger partial charge in [0, 0.05) is 31.4 Å². The van der Waals surface area contributed by atoms with Crippen LogP contribution in [0.5, 0.6) is 0 Å². The fraction of sp³-hybridized carbons (Fsp3) is 0.450. The van der Waals surface area contributed by atoms with Crippen LogP contribution in [0.2, 0.25) is 0 Å². The van der Waals surface area contributed by atoms with Crippen LogP contribution in [0.3, 0.4) is 0 Å². The smallest absolute Gasteiger partial charge is 0.179 e. The van der Waals surface area contributed by atoms with Crippen molar-refractivity contribution in [1.82, 2.24) is 29.8 Å². The molecule has 0 spiro atoms. The van der Waals surface area contributed by atoms with Gasteiger partial charge in [0.2, 0.25) is 0 Å². The van der Waals surface area contributed by atoms with Crippen molar-refractivity contribution in [2.45, 2.75) is 38.3 Å². The molecule has 1 saturated heterocycles. The number of piperidine rings is 1. The van der Waals surface area contributed by atoms with Crippen LogP contribution in [-0.4, -0.2) is 44.1 Å². The lowest BCUT2D eigenvalue weighted by molar-refractivity contribution is 0.200. The Morgan fingerprint density at radius 3 is 3.00 bits per heavy atom. The van der Waals surface area contributed by atoms with Crippen LogP contribution in [-0.2, 0) is 19.5 Å². The lowest BCUT2D eigenvalue weighted by Gasteiger charge is -2.32. The first-order valence-electron chi connectivity index (χ1n) is 9.56.